The zero-order valence-corrected chi connectivity index (χ0v) is 23.6. The molecule has 41 heavy (non-hydrogen) atoms. The topological polar surface area (TPSA) is 103 Å². The molecule has 0 spiro atoms. The SMILES string of the molecule is CCC[C@H](CCCNc1ccc(C#N)cn1)N(C(=O)NCc1ccccc1)c1ccc(-c2cccn(C)c2=O)cc1. The molecule has 0 aliphatic rings. The van der Waals surface area contributed by atoms with Crippen LogP contribution in [0.25, 0.3) is 11.1 Å². The molecule has 0 aliphatic carbocycles. The molecule has 0 saturated carbocycles. The molecular formula is C33H36N6O2. The predicted octanol–water partition coefficient (Wildman–Crippen LogP) is 6.10. The van der Waals surface area contributed by atoms with Gasteiger partial charge < -0.3 is 15.2 Å². The van der Waals surface area contributed by atoms with Crippen molar-refractivity contribution in [3.8, 4) is 17.2 Å². The number of nitrogens with zero attached hydrogens (tertiary/aromatic N) is 4. The summed E-state index contributed by atoms with van der Waals surface area (Å²) in [6.07, 6.45) is 6.67. The van der Waals surface area contributed by atoms with E-state index in [-0.39, 0.29) is 17.6 Å². The first kappa shape index (κ1) is 29.1. The number of anilines is 2. The van der Waals surface area contributed by atoms with Crippen LogP contribution in [0.5, 0.6) is 0 Å². The summed E-state index contributed by atoms with van der Waals surface area (Å²) in [6, 6.07) is 26.6. The average Bonchev–Trinajstić information content (AvgIpc) is 3.01. The van der Waals surface area contributed by atoms with Gasteiger partial charge in [0.1, 0.15) is 11.9 Å². The Labute approximate surface area is 241 Å². The van der Waals surface area contributed by atoms with Gasteiger partial charge in [-0.05, 0) is 66.8 Å². The van der Waals surface area contributed by atoms with Crippen molar-refractivity contribution in [3.63, 3.8) is 0 Å². The van der Waals surface area contributed by atoms with Crippen LogP contribution in [0.1, 0.15) is 43.7 Å². The maximum absolute atomic E-state index is 13.7. The number of aryl methyl sites for hydroxylation is 1. The van der Waals surface area contributed by atoms with E-state index in [1.165, 1.54) is 0 Å². The largest absolute Gasteiger partial charge is 0.370 e. The number of aromatic nitrogens is 2. The molecule has 4 aromatic rings. The molecule has 2 aromatic carbocycles. The highest BCUT2D eigenvalue weighted by atomic mass is 16.2. The quantitative estimate of drug-likeness (QED) is 0.208. The third kappa shape index (κ3) is 7.83. The number of benzene rings is 2. The van der Waals surface area contributed by atoms with Gasteiger partial charge in [-0.1, -0.05) is 55.8 Å². The number of carbonyl (C=O) groups is 1. The van der Waals surface area contributed by atoms with Crippen molar-refractivity contribution >= 4 is 17.5 Å². The second kappa shape index (κ2) is 14.5. The second-order valence-corrected chi connectivity index (χ2v) is 9.95. The van der Waals surface area contributed by atoms with E-state index in [0.717, 1.165) is 48.3 Å². The van der Waals surface area contributed by atoms with Gasteiger partial charge in [0.05, 0.1) is 5.56 Å². The molecule has 8 heteroatoms. The number of nitriles is 1. The first-order chi connectivity index (χ1) is 20.0. The molecule has 210 valence electrons. The van der Waals surface area contributed by atoms with Crippen molar-refractivity contribution in [3.05, 3.63) is 113 Å². The molecule has 0 saturated heterocycles. The Hall–Kier alpha value is -4.90. The van der Waals surface area contributed by atoms with Gasteiger partial charge in [-0.3, -0.25) is 9.69 Å². The Balaban J connectivity index is 1.53. The number of amides is 2. The summed E-state index contributed by atoms with van der Waals surface area (Å²) in [5.41, 5.74) is 3.70. The molecule has 8 nitrogen and oxygen atoms in total. The average molecular weight is 549 g/mol. The van der Waals surface area contributed by atoms with Gasteiger partial charge in [-0.2, -0.15) is 5.26 Å². The molecule has 0 unspecified atom stereocenters. The molecular weight excluding hydrogens is 512 g/mol. The van der Waals surface area contributed by atoms with Crippen molar-refractivity contribution in [1.29, 1.82) is 5.26 Å². The lowest BCUT2D eigenvalue weighted by molar-refractivity contribution is 0.242. The summed E-state index contributed by atoms with van der Waals surface area (Å²) in [4.78, 5) is 32.5. The maximum Gasteiger partial charge on any atom is 0.322 e. The van der Waals surface area contributed by atoms with Gasteiger partial charge in [0.15, 0.2) is 0 Å². The molecule has 2 heterocycles. The zero-order valence-electron chi connectivity index (χ0n) is 23.6. The number of carbonyl (C=O) groups excluding carboxylic acids is 1. The highest BCUT2D eigenvalue weighted by molar-refractivity contribution is 5.93. The minimum absolute atomic E-state index is 0.0260. The van der Waals surface area contributed by atoms with Gasteiger partial charge in [-0.25, -0.2) is 9.78 Å². The molecule has 2 aromatic heterocycles. The van der Waals surface area contributed by atoms with Crippen molar-refractivity contribution in [2.24, 2.45) is 7.05 Å². The first-order valence-electron chi connectivity index (χ1n) is 14.0. The third-order valence-corrected chi connectivity index (χ3v) is 6.99. The summed E-state index contributed by atoms with van der Waals surface area (Å²) >= 11 is 0. The van der Waals surface area contributed by atoms with Crippen molar-refractivity contribution in [1.82, 2.24) is 14.9 Å². The second-order valence-electron chi connectivity index (χ2n) is 9.95. The lowest BCUT2D eigenvalue weighted by Crippen LogP contribution is -2.46. The number of pyridine rings is 2. The van der Waals surface area contributed by atoms with Crippen LogP contribution in [0.3, 0.4) is 0 Å². The molecule has 4 rings (SSSR count). The highest BCUT2D eigenvalue weighted by Gasteiger charge is 2.25. The van der Waals surface area contributed by atoms with Gasteiger partial charge in [0, 0.05) is 49.8 Å². The first-order valence-corrected chi connectivity index (χ1v) is 14.0. The van der Waals surface area contributed by atoms with Gasteiger partial charge in [0.2, 0.25) is 0 Å². The van der Waals surface area contributed by atoms with E-state index in [1.54, 1.807) is 36.1 Å². The molecule has 2 N–H and O–H groups in total. The van der Waals surface area contributed by atoms with Crippen LogP contribution in [-0.2, 0) is 13.6 Å². The third-order valence-electron chi connectivity index (χ3n) is 6.99. The molecule has 0 radical (unpaired) electrons. The molecule has 0 bridgehead atoms. The number of hydrogen-bond donors (Lipinski definition) is 2. The van der Waals surface area contributed by atoms with Crippen LogP contribution in [0.15, 0.2) is 96.1 Å². The molecule has 0 fully saturated rings. The smallest absolute Gasteiger partial charge is 0.322 e. The van der Waals surface area contributed by atoms with Gasteiger partial charge >= 0.3 is 6.03 Å². The Morgan fingerprint density at radius 1 is 1.02 bits per heavy atom. The summed E-state index contributed by atoms with van der Waals surface area (Å²) in [5.74, 6) is 0.719. The van der Waals surface area contributed by atoms with Gasteiger partial charge in [0.25, 0.3) is 5.56 Å². The predicted molar refractivity (Wildman–Crippen MR) is 164 cm³/mol. The van der Waals surface area contributed by atoms with Crippen molar-refractivity contribution in [2.75, 3.05) is 16.8 Å². The minimum atomic E-state index is -0.155. The van der Waals surface area contributed by atoms with E-state index < -0.39 is 0 Å². The fourth-order valence-corrected chi connectivity index (χ4v) is 4.83. The van der Waals surface area contributed by atoms with E-state index in [2.05, 4.69) is 28.6 Å². The zero-order chi connectivity index (χ0) is 29.0. The standard InChI is InChI=1S/C33H36N6O2/c1-3-9-28(12-7-20-35-31-19-14-26(22-34)24-36-31)39(33(41)37-23-25-10-5-4-6-11-25)29-17-15-27(16-18-29)30-13-8-21-38(2)32(30)40/h4-6,8,10-11,13-19,21,24,28H,3,7,9,12,20,23H2,1-2H3,(H,35,36)(H,37,41)/t28-/m1/s1. The normalized spacial score (nSPS) is 11.3. The Bertz CT molecular complexity index is 1510. The maximum atomic E-state index is 13.7. The fourth-order valence-electron chi connectivity index (χ4n) is 4.83. The highest BCUT2D eigenvalue weighted by Crippen LogP contribution is 2.26. The van der Waals surface area contributed by atoms with E-state index in [0.29, 0.717) is 24.2 Å². The van der Waals surface area contributed by atoms with E-state index in [1.807, 2.05) is 71.6 Å². The number of nitrogens with one attached hydrogen (secondary N) is 2. The monoisotopic (exact) mass is 548 g/mol. The number of rotatable bonds is 12. The van der Waals surface area contributed by atoms with Crippen LogP contribution < -0.4 is 21.1 Å². The lowest BCUT2D eigenvalue weighted by atomic mass is 10.0. The molecule has 0 aliphatic heterocycles. The molecule has 2 amide bonds. The van der Waals surface area contributed by atoms with E-state index >= 15 is 0 Å². The minimum Gasteiger partial charge on any atom is -0.370 e. The Morgan fingerprint density at radius 3 is 2.49 bits per heavy atom. The van der Waals surface area contributed by atoms with Crippen LogP contribution in [0.2, 0.25) is 0 Å². The summed E-state index contributed by atoms with van der Waals surface area (Å²) in [6.45, 7) is 3.24. The summed E-state index contributed by atoms with van der Waals surface area (Å²) in [5, 5.41) is 15.4. The Kier molecular flexibility index (Phi) is 10.3. The number of hydrogen-bond acceptors (Lipinski definition) is 5. The Morgan fingerprint density at radius 2 is 1.80 bits per heavy atom. The van der Waals surface area contributed by atoms with Crippen LogP contribution >= 0.6 is 0 Å². The van der Waals surface area contributed by atoms with E-state index in [4.69, 9.17) is 5.26 Å². The fraction of sp³-hybridized carbons (Fsp3) is 0.273. The van der Waals surface area contributed by atoms with Crippen molar-refractivity contribution in [2.45, 2.75) is 45.2 Å². The molecule has 1 atom stereocenters. The summed E-state index contributed by atoms with van der Waals surface area (Å²) < 4.78 is 1.56. The summed E-state index contributed by atoms with van der Waals surface area (Å²) in [7, 11) is 1.74. The van der Waals surface area contributed by atoms with Crippen LogP contribution in [-0.4, -0.2) is 28.2 Å². The van der Waals surface area contributed by atoms with Gasteiger partial charge in [-0.15, -0.1) is 0 Å². The lowest BCUT2D eigenvalue weighted by Gasteiger charge is -2.32. The van der Waals surface area contributed by atoms with E-state index in [9.17, 15) is 9.59 Å². The number of urea groups is 1. The van der Waals surface area contributed by atoms with Crippen LogP contribution in [0, 0.1) is 11.3 Å². The van der Waals surface area contributed by atoms with Crippen molar-refractivity contribution < 1.29 is 4.79 Å². The van der Waals surface area contributed by atoms with Crippen LogP contribution in [0.4, 0.5) is 16.3 Å².